The first kappa shape index (κ1) is 22.5. The molecule has 176 valence electrons. The lowest BCUT2D eigenvalue weighted by atomic mass is 9.93. The molecule has 6 nitrogen and oxygen atoms in total. The fraction of sp³-hybridized carbons (Fsp3) is 0.172. The number of aliphatic hydroxyl groups excluding tert-OH is 1. The summed E-state index contributed by atoms with van der Waals surface area (Å²) in [4.78, 5) is 31.7. The summed E-state index contributed by atoms with van der Waals surface area (Å²) in [6, 6.07) is 21.4. The number of hydrogen-bond acceptors (Lipinski definition) is 4. The lowest BCUT2D eigenvalue weighted by Gasteiger charge is -2.26. The molecule has 0 radical (unpaired) electrons. The maximum absolute atomic E-state index is 13.5. The molecule has 2 N–H and O–H groups in total. The summed E-state index contributed by atoms with van der Waals surface area (Å²) >= 11 is 0. The van der Waals surface area contributed by atoms with Gasteiger partial charge in [0, 0.05) is 33.4 Å². The number of H-pyrrole nitrogens is 1. The molecular weight excluding hydrogens is 440 g/mol. The number of aromatic amines is 1. The Kier molecular flexibility index (Phi) is 5.65. The molecule has 1 unspecified atom stereocenters. The van der Waals surface area contributed by atoms with E-state index in [0.29, 0.717) is 17.0 Å². The number of hydrogen-bond donors (Lipinski definition) is 2. The highest BCUT2D eigenvalue weighted by molar-refractivity contribution is 6.52. The predicted octanol–water partition coefficient (Wildman–Crippen LogP) is 5.67. The van der Waals surface area contributed by atoms with Crippen LogP contribution >= 0.6 is 0 Å². The first-order chi connectivity index (χ1) is 16.9. The Morgan fingerprint density at radius 2 is 1.69 bits per heavy atom. The average molecular weight is 467 g/mol. The second kappa shape index (κ2) is 8.80. The van der Waals surface area contributed by atoms with Crippen LogP contribution in [0.1, 0.15) is 35.3 Å². The van der Waals surface area contributed by atoms with Gasteiger partial charge in [-0.05, 0) is 49.2 Å². The Morgan fingerprint density at radius 1 is 1.00 bits per heavy atom. The van der Waals surface area contributed by atoms with Crippen molar-refractivity contribution >= 4 is 34.0 Å². The number of aliphatic hydroxyl groups is 1. The van der Waals surface area contributed by atoms with Gasteiger partial charge in [0.15, 0.2) is 0 Å². The highest BCUT2D eigenvalue weighted by atomic mass is 16.5. The molecule has 5 rings (SSSR count). The number of anilines is 1. The summed E-state index contributed by atoms with van der Waals surface area (Å²) in [5.41, 5.74) is 4.73. The zero-order valence-corrected chi connectivity index (χ0v) is 19.8. The van der Waals surface area contributed by atoms with Crippen LogP contribution in [0, 0.1) is 6.92 Å². The Balaban J connectivity index is 1.77. The van der Waals surface area contributed by atoms with E-state index in [-0.39, 0.29) is 11.3 Å². The molecule has 3 aromatic carbocycles. The summed E-state index contributed by atoms with van der Waals surface area (Å²) < 4.78 is 5.27. The number of nitrogens with one attached hydrogen (secondary N) is 1. The number of carbonyl (C=O) groups excluding carboxylic acids is 2. The highest BCUT2D eigenvalue weighted by Gasteiger charge is 2.48. The Morgan fingerprint density at radius 3 is 2.34 bits per heavy atom. The van der Waals surface area contributed by atoms with E-state index in [1.54, 1.807) is 43.5 Å². The number of aryl methyl sites for hydroxylation is 2. The quantitative estimate of drug-likeness (QED) is 0.225. The molecule has 1 fully saturated rings. The third-order valence-electron chi connectivity index (χ3n) is 6.65. The van der Waals surface area contributed by atoms with Crippen LogP contribution in [0.3, 0.4) is 0 Å². The van der Waals surface area contributed by atoms with Gasteiger partial charge in [0.1, 0.15) is 11.5 Å². The number of aromatic nitrogens is 1. The summed E-state index contributed by atoms with van der Waals surface area (Å²) in [5, 5.41) is 12.3. The molecule has 0 spiro atoms. The molecule has 2 heterocycles. The van der Waals surface area contributed by atoms with Crippen LogP contribution in [0.4, 0.5) is 5.69 Å². The van der Waals surface area contributed by atoms with Crippen molar-refractivity contribution in [2.24, 2.45) is 0 Å². The van der Waals surface area contributed by atoms with Crippen LogP contribution in [0.25, 0.3) is 16.7 Å². The topological polar surface area (TPSA) is 82.6 Å². The Hall–Kier alpha value is -4.32. The van der Waals surface area contributed by atoms with E-state index in [1.165, 1.54) is 4.90 Å². The fourth-order valence-corrected chi connectivity index (χ4v) is 4.82. The van der Waals surface area contributed by atoms with E-state index < -0.39 is 17.7 Å². The first-order valence-electron chi connectivity index (χ1n) is 11.6. The number of amides is 1. The smallest absolute Gasteiger partial charge is 0.300 e. The molecule has 1 aromatic heterocycles. The van der Waals surface area contributed by atoms with Gasteiger partial charge in [-0.1, -0.05) is 49.4 Å². The number of ether oxygens (including phenoxy) is 1. The van der Waals surface area contributed by atoms with E-state index in [1.807, 2.05) is 43.3 Å². The van der Waals surface area contributed by atoms with Crippen molar-refractivity contribution in [3.05, 3.63) is 101 Å². The van der Waals surface area contributed by atoms with Gasteiger partial charge < -0.3 is 14.8 Å². The second-order valence-corrected chi connectivity index (χ2v) is 8.63. The zero-order chi connectivity index (χ0) is 24.7. The summed E-state index contributed by atoms with van der Waals surface area (Å²) in [6.45, 7) is 3.97. The van der Waals surface area contributed by atoms with Crippen LogP contribution < -0.4 is 9.64 Å². The van der Waals surface area contributed by atoms with E-state index in [2.05, 4.69) is 11.9 Å². The van der Waals surface area contributed by atoms with E-state index in [0.717, 1.165) is 34.1 Å². The SMILES string of the molecule is CCc1ccc(/C(O)=C2\C(=O)C(=O)N(c3ccc(OC)cc3)C2c2c(C)[nH]c3ccccc23)cc1. The molecule has 0 aliphatic carbocycles. The van der Waals surface area contributed by atoms with Gasteiger partial charge in [-0.2, -0.15) is 0 Å². The second-order valence-electron chi connectivity index (χ2n) is 8.63. The van der Waals surface area contributed by atoms with Gasteiger partial charge in [-0.3, -0.25) is 14.5 Å². The van der Waals surface area contributed by atoms with Crippen molar-refractivity contribution in [3.8, 4) is 5.75 Å². The summed E-state index contributed by atoms with van der Waals surface area (Å²) in [6.07, 6.45) is 0.859. The van der Waals surface area contributed by atoms with Crippen LogP contribution in [0.2, 0.25) is 0 Å². The minimum Gasteiger partial charge on any atom is -0.507 e. The van der Waals surface area contributed by atoms with Gasteiger partial charge >= 0.3 is 0 Å². The normalized spacial score (nSPS) is 17.3. The van der Waals surface area contributed by atoms with Crippen molar-refractivity contribution in [1.29, 1.82) is 0 Å². The first-order valence-corrected chi connectivity index (χ1v) is 11.6. The van der Waals surface area contributed by atoms with Crippen molar-refractivity contribution in [2.45, 2.75) is 26.3 Å². The molecule has 1 aliphatic heterocycles. The molecule has 1 saturated heterocycles. The number of benzene rings is 3. The molecule has 1 amide bonds. The van der Waals surface area contributed by atoms with Crippen molar-refractivity contribution in [1.82, 2.24) is 4.98 Å². The number of fused-ring (bicyclic) bond motifs is 1. The van der Waals surface area contributed by atoms with Crippen LogP contribution in [0.5, 0.6) is 5.75 Å². The molecule has 6 heteroatoms. The Labute approximate surface area is 203 Å². The van der Waals surface area contributed by atoms with Crippen LogP contribution in [0.15, 0.2) is 78.4 Å². The lowest BCUT2D eigenvalue weighted by Crippen LogP contribution is -2.29. The summed E-state index contributed by atoms with van der Waals surface area (Å²) in [7, 11) is 1.57. The molecular formula is C29H26N2O4. The molecule has 0 saturated carbocycles. The van der Waals surface area contributed by atoms with Gasteiger partial charge in [-0.15, -0.1) is 0 Å². The van der Waals surface area contributed by atoms with Crippen LogP contribution in [-0.2, 0) is 16.0 Å². The third-order valence-corrected chi connectivity index (χ3v) is 6.65. The largest absolute Gasteiger partial charge is 0.507 e. The number of carbonyl (C=O) groups is 2. The number of ketones is 1. The summed E-state index contributed by atoms with van der Waals surface area (Å²) in [5.74, 6) is -0.943. The molecule has 0 bridgehead atoms. The number of methoxy groups -OCH3 is 1. The zero-order valence-electron chi connectivity index (χ0n) is 19.8. The van der Waals surface area contributed by atoms with E-state index in [9.17, 15) is 14.7 Å². The maximum Gasteiger partial charge on any atom is 0.300 e. The highest BCUT2D eigenvalue weighted by Crippen LogP contribution is 2.45. The molecule has 1 aliphatic rings. The Bertz CT molecular complexity index is 1460. The van der Waals surface area contributed by atoms with Gasteiger partial charge in [0.05, 0.1) is 18.7 Å². The van der Waals surface area contributed by atoms with Gasteiger partial charge in [-0.25, -0.2) is 0 Å². The maximum atomic E-state index is 13.5. The monoisotopic (exact) mass is 466 g/mol. The predicted molar refractivity (Wildman–Crippen MR) is 137 cm³/mol. The number of para-hydroxylation sites is 1. The van der Waals surface area contributed by atoms with Crippen molar-refractivity contribution in [3.63, 3.8) is 0 Å². The van der Waals surface area contributed by atoms with Crippen molar-refractivity contribution < 1.29 is 19.4 Å². The number of rotatable bonds is 5. The molecule has 35 heavy (non-hydrogen) atoms. The van der Waals surface area contributed by atoms with Gasteiger partial charge in [0.2, 0.25) is 0 Å². The molecule has 1 atom stereocenters. The standard InChI is InChI=1S/C29H26N2O4/c1-4-18-9-11-19(12-10-18)27(32)25-26(24-17(2)30-23-8-6-5-7-22(23)24)31(29(34)28(25)33)20-13-15-21(35-3)16-14-20/h5-16,26,30,32H,4H2,1-3H3/b27-25+. The third kappa shape index (κ3) is 3.67. The minimum atomic E-state index is -0.801. The number of Topliss-reactive ketones (excluding diaryl/α,β-unsaturated/α-hetero) is 1. The minimum absolute atomic E-state index is 0.0721. The van der Waals surface area contributed by atoms with E-state index >= 15 is 0 Å². The number of nitrogens with zero attached hydrogens (tertiary/aromatic N) is 1. The lowest BCUT2D eigenvalue weighted by molar-refractivity contribution is -0.132. The molecule has 4 aromatic rings. The fourth-order valence-electron chi connectivity index (χ4n) is 4.82. The van der Waals surface area contributed by atoms with Crippen molar-refractivity contribution in [2.75, 3.05) is 12.0 Å². The van der Waals surface area contributed by atoms with Gasteiger partial charge in [0.25, 0.3) is 11.7 Å². The van der Waals surface area contributed by atoms with E-state index in [4.69, 9.17) is 4.74 Å². The van der Waals surface area contributed by atoms with Crippen LogP contribution in [-0.4, -0.2) is 28.9 Å². The average Bonchev–Trinajstić information content (AvgIpc) is 3.35.